The van der Waals surface area contributed by atoms with Crippen LogP contribution in [0.3, 0.4) is 0 Å². The Kier molecular flexibility index (Phi) is 3.43. The first-order chi connectivity index (χ1) is 15.0. The average Bonchev–Trinajstić information content (AvgIpc) is 3.29. The molecule has 0 unspecified atom stereocenters. The van der Waals surface area contributed by atoms with E-state index in [-0.39, 0.29) is 11.3 Å². The molecule has 31 heavy (non-hydrogen) atoms. The standard InChI is InChI=1S/C26H15N3OS/c1-13-6-9-20-19(10-13)17-8-7-15-4-3-5-18-21-14(2)25(24(30)16(11-27)12-28)31-26(21)29(20)23(17)22(15)18/h3-10,30H,1-2H3. The number of rotatable bonds is 1. The van der Waals surface area contributed by atoms with Gasteiger partial charge in [-0.2, -0.15) is 10.5 Å². The number of aromatic nitrogens is 1. The zero-order valence-corrected chi connectivity index (χ0v) is 17.6. The van der Waals surface area contributed by atoms with E-state index in [1.54, 1.807) is 0 Å². The number of hydrogen-bond donors (Lipinski definition) is 1. The largest absolute Gasteiger partial charge is 0.504 e. The van der Waals surface area contributed by atoms with Crippen LogP contribution in [-0.4, -0.2) is 9.51 Å². The lowest BCUT2D eigenvalue weighted by Crippen LogP contribution is -1.90. The number of thiophene rings is 1. The molecular formula is C26H15N3OS. The molecule has 3 heterocycles. The molecular weight excluding hydrogens is 402 g/mol. The SMILES string of the molecule is Cc1ccc2c(c1)c1ccc3cccc4c5c(C)c(C(O)=C(C#N)C#N)sc5n2c1c34. The Labute approximate surface area is 181 Å². The van der Waals surface area contributed by atoms with E-state index in [4.69, 9.17) is 0 Å². The molecule has 0 aliphatic rings. The smallest absolute Gasteiger partial charge is 0.172 e. The van der Waals surface area contributed by atoms with Gasteiger partial charge in [0.15, 0.2) is 11.3 Å². The number of pyridine rings is 1. The summed E-state index contributed by atoms with van der Waals surface area (Å²) < 4.78 is 2.28. The number of aliphatic hydroxyl groups excluding tert-OH is 1. The number of nitriles is 2. The van der Waals surface area contributed by atoms with Gasteiger partial charge in [-0.25, -0.2) is 0 Å². The molecule has 6 rings (SSSR count). The molecule has 146 valence electrons. The Morgan fingerprint density at radius 1 is 0.935 bits per heavy atom. The maximum absolute atomic E-state index is 10.8. The summed E-state index contributed by atoms with van der Waals surface area (Å²) in [6.45, 7) is 4.05. The van der Waals surface area contributed by atoms with E-state index in [1.165, 1.54) is 38.6 Å². The molecule has 0 bridgehead atoms. The fourth-order valence-electron chi connectivity index (χ4n) is 4.85. The van der Waals surface area contributed by atoms with Crippen molar-refractivity contribution >= 4 is 65.3 Å². The van der Waals surface area contributed by atoms with Crippen molar-refractivity contribution in [2.24, 2.45) is 0 Å². The minimum absolute atomic E-state index is 0.248. The van der Waals surface area contributed by atoms with Gasteiger partial charge in [-0.05, 0) is 42.3 Å². The fraction of sp³-hybridized carbons (Fsp3) is 0.0769. The van der Waals surface area contributed by atoms with Crippen molar-refractivity contribution in [1.82, 2.24) is 4.40 Å². The topological polar surface area (TPSA) is 72.2 Å². The van der Waals surface area contributed by atoms with Gasteiger partial charge in [0.25, 0.3) is 0 Å². The molecule has 0 aliphatic heterocycles. The highest BCUT2D eigenvalue weighted by Crippen LogP contribution is 2.46. The van der Waals surface area contributed by atoms with Gasteiger partial charge < -0.3 is 5.11 Å². The second-order valence-corrected chi connectivity index (χ2v) is 8.90. The van der Waals surface area contributed by atoms with Crippen LogP contribution >= 0.6 is 11.3 Å². The molecule has 6 aromatic rings. The quantitative estimate of drug-likeness (QED) is 0.232. The van der Waals surface area contributed by atoms with Crippen molar-refractivity contribution in [3.05, 3.63) is 70.1 Å². The average molecular weight is 417 g/mol. The number of nitrogens with zero attached hydrogens (tertiary/aromatic N) is 3. The first-order valence-corrected chi connectivity index (χ1v) is 10.7. The van der Waals surface area contributed by atoms with E-state index < -0.39 is 0 Å². The summed E-state index contributed by atoms with van der Waals surface area (Å²) in [6, 6.07) is 20.8. The van der Waals surface area contributed by atoms with E-state index in [0.717, 1.165) is 32.1 Å². The van der Waals surface area contributed by atoms with Gasteiger partial charge in [0.2, 0.25) is 0 Å². The molecule has 5 heteroatoms. The molecule has 3 aromatic carbocycles. The van der Waals surface area contributed by atoms with E-state index >= 15 is 0 Å². The lowest BCUT2D eigenvalue weighted by molar-refractivity contribution is 0.511. The van der Waals surface area contributed by atoms with Crippen molar-refractivity contribution < 1.29 is 5.11 Å². The summed E-state index contributed by atoms with van der Waals surface area (Å²) in [4.78, 5) is 1.57. The van der Waals surface area contributed by atoms with Crippen LogP contribution in [0.2, 0.25) is 0 Å². The number of aliphatic hydroxyl groups is 1. The summed E-state index contributed by atoms with van der Waals surface area (Å²) in [5.41, 5.74) is 4.09. The highest BCUT2D eigenvalue weighted by atomic mass is 32.1. The van der Waals surface area contributed by atoms with Gasteiger partial charge in [-0.15, -0.1) is 11.3 Å². The van der Waals surface area contributed by atoms with E-state index in [0.29, 0.717) is 4.88 Å². The van der Waals surface area contributed by atoms with Crippen LogP contribution in [0.25, 0.3) is 53.9 Å². The maximum atomic E-state index is 10.8. The second-order valence-electron chi connectivity index (χ2n) is 7.90. The summed E-state index contributed by atoms with van der Waals surface area (Å²) in [6.07, 6.45) is 0. The van der Waals surface area contributed by atoms with Gasteiger partial charge >= 0.3 is 0 Å². The Morgan fingerprint density at radius 2 is 1.74 bits per heavy atom. The van der Waals surface area contributed by atoms with Crippen molar-refractivity contribution in [2.45, 2.75) is 13.8 Å². The fourth-order valence-corrected chi connectivity index (χ4v) is 6.15. The number of fused-ring (bicyclic) bond motifs is 6. The lowest BCUT2D eigenvalue weighted by Gasteiger charge is -2.10. The number of benzene rings is 3. The van der Waals surface area contributed by atoms with Crippen LogP contribution in [0.5, 0.6) is 0 Å². The lowest BCUT2D eigenvalue weighted by atomic mass is 9.98. The Morgan fingerprint density at radius 3 is 2.52 bits per heavy atom. The molecule has 0 aliphatic carbocycles. The van der Waals surface area contributed by atoms with Gasteiger partial charge in [-0.1, -0.05) is 42.0 Å². The van der Waals surface area contributed by atoms with Crippen molar-refractivity contribution in [3.63, 3.8) is 0 Å². The van der Waals surface area contributed by atoms with Gasteiger partial charge in [-0.3, -0.25) is 4.40 Å². The molecule has 0 amide bonds. The maximum Gasteiger partial charge on any atom is 0.172 e. The Bertz CT molecular complexity index is 1820. The van der Waals surface area contributed by atoms with Crippen molar-refractivity contribution in [3.8, 4) is 12.1 Å². The van der Waals surface area contributed by atoms with Crippen LogP contribution in [0.1, 0.15) is 16.0 Å². The van der Waals surface area contributed by atoms with Crippen LogP contribution in [0, 0.1) is 36.5 Å². The third-order valence-corrected chi connectivity index (χ3v) is 7.48. The summed E-state index contributed by atoms with van der Waals surface area (Å²) in [5.74, 6) is -0.248. The molecule has 0 spiro atoms. The number of allylic oxidation sites excluding steroid dienone is 1. The molecule has 0 radical (unpaired) electrons. The highest BCUT2D eigenvalue weighted by Gasteiger charge is 2.23. The molecule has 0 saturated carbocycles. The first kappa shape index (κ1) is 17.8. The third kappa shape index (κ3) is 2.11. The van der Waals surface area contributed by atoms with E-state index in [9.17, 15) is 15.6 Å². The Balaban J connectivity index is 1.97. The molecule has 4 nitrogen and oxygen atoms in total. The van der Waals surface area contributed by atoms with Crippen LogP contribution < -0.4 is 0 Å². The van der Waals surface area contributed by atoms with E-state index in [1.807, 2.05) is 19.1 Å². The summed E-state index contributed by atoms with van der Waals surface area (Å²) >= 11 is 1.43. The summed E-state index contributed by atoms with van der Waals surface area (Å²) in [7, 11) is 0. The normalized spacial score (nSPS) is 11.6. The molecule has 0 saturated heterocycles. The summed E-state index contributed by atoms with van der Waals surface area (Å²) in [5, 5.41) is 36.2. The zero-order valence-electron chi connectivity index (χ0n) is 16.8. The van der Waals surface area contributed by atoms with Crippen molar-refractivity contribution in [1.29, 1.82) is 10.5 Å². The van der Waals surface area contributed by atoms with Crippen LogP contribution in [-0.2, 0) is 0 Å². The minimum Gasteiger partial charge on any atom is -0.504 e. The van der Waals surface area contributed by atoms with E-state index in [2.05, 4.69) is 59.9 Å². The molecule has 0 atom stereocenters. The van der Waals surface area contributed by atoms with Gasteiger partial charge in [0, 0.05) is 21.5 Å². The highest BCUT2D eigenvalue weighted by molar-refractivity contribution is 7.20. The molecule has 0 fully saturated rings. The van der Waals surface area contributed by atoms with Crippen molar-refractivity contribution in [2.75, 3.05) is 0 Å². The molecule has 1 N–H and O–H groups in total. The second kappa shape index (κ2) is 5.98. The monoisotopic (exact) mass is 417 g/mol. The number of aryl methyl sites for hydroxylation is 2. The van der Waals surface area contributed by atoms with Crippen LogP contribution in [0.15, 0.2) is 54.1 Å². The molecule has 3 aromatic heterocycles. The Hall–Kier alpha value is -4.06. The first-order valence-electron chi connectivity index (χ1n) is 9.89. The predicted octanol–water partition coefficient (Wildman–Crippen LogP) is 6.98. The third-order valence-electron chi connectivity index (χ3n) is 6.20. The minimum atomic E-state index is -0.268. The predicted molar refractivity (Wildman–Crippen MR) is 127 cm³/mol. The van der Waals surface area contributed by atoms with Gasteiger partial charge in [0.05, 0.1) is 15.9 Å². The number of hydrogen-bond acceptors (Lipinski definition) is 4. The van der Waals surface area contributed by atoms with Gasteiger partial charge in [0.1, 0.15) is 17.0 Å². The van der Waals surface area contributed by atoms with Crippen LogP contribution in [0.4, 0.5) is 0 Å². The zero-order chi connectivity index (χ0) is 21.4.